The van der Waals surface area contributed by atoms with Crippen LogP contribution in [0.15, 0.2) is 41.3 Å². The average molecular weight is 373 g/mol. The molecule has 0 unspecified atom stereocenters. The van der Waals surface area contributed by atoms with Gasteiger partial charge < -0.3 is 5.32 Å². The van der Waals surface area contributed by atoms with E-state index in [2.05, 4.69) is 10.0 Å². The maximum atomic E-state index is 12.4. The fourth-order valence-electron chi connectivity index (χ4n) is 1.87. The van der Waals surface area contributed by atoms with Gasteiger partial charge in [0.1, 0.15) is 0 Å². The fourth-order valence-corrected chi connectivity index (χ4v) is 3.12. The van der Waals surface area contributed by atoms with Crippen molar-refractivity contribution in [2.75, 3.05) is 12.4 Å². The molecule has 0 saturated heterocycles. The van der Waals surface area contributed by atoms with Crippen LogP contribution < -0.4 is 10.0 Å². The summed E-state index contributed by atoms with van der Waals surface area (Å²) < 4.78 is 25.8. The number of aryl methyl sites for hydroxylation is 1. The van der Waals surface area contributed by atoms with Gasteiger partial charge in [0.05, 0.1) is 26.2 Å². The van der Waals surface area contributed by atoms with Gasteiger partial charge in [-0.25, -0.2) is 13.1 Å². The summed E-state index contributed by atoms with van der Waals surface area (Å²) in [5, 5.41) is 3.14. The Morgan fingerprint density at radius 3 is 2.35 bits per heavy atom. The van der Waals surface area contributed by atoms with Crippen molar-refractivity contribution in [1.29, 1.82) is 0 Å². The van der Waals surface area contributed by atoms with E-state index in [1.165, 1.54) is 25.2 Å². The molecule has 23 heavy (non-hydrogen) atoms. The fraction of sp³-hybridized carbons (Fsp3) is 0.133. The summed E-state index contributed by atoms with van der Waals surface area (Å²) in [7, 11) is -2.38. The van der Waals surface area contributed by atoms with Crippen LogP contribution in [0.3, 0.4) is 0 Å². The Labute approximate surface area is 144 Å². The first-order chi connectivity index (χ1) is 10.7. The molecule has 5 nitrogen and oxygen atoms in total. The number of hydrogen-bond donors (Lipinski definition) is 2. The van der Waals surface area contributed by atoms with Crippen molar-refractivity contribution >= 4 is 44.8 Å². The number of benzene rings is 2. The van der Waals surface area contributed by atoms with Crippen LogP contribution in [-0.2, 0) is 10.0 Å². The highest BCUT2D eigenvalue weighted by Crippen LogP contribution is 2.25. The minimum Gasteiger partial charge on any atom is -0.321 e. The van der Waals surface area contributed by atoms with Crippen molar-refractivity contribution in [2.45, 2.75) is 11.8 Å². The third-order valence-electron chi connectivity index (χ3n) is 3.13. The van der Waals surface area contributed by atoms with Gasteiger partial charge >= 0.3 is 0 Å². The second-order valence-corrected chi connectivity index (χ2v) is 7.49. The minimum absolute atomic E-state index is 0.0413. The molecular formula is C15H14Cl2N2O3S. The SMILES string of the molecule is CNS(=O)(=O)c1ccc(Cl)c(C(=O)Nc2ccc(C)cc2Cl)c1. The molecule has 0 aliphatic carbocycles. The molecular weight excluding hydrogens is 359 g/mol. The number of halogens is 2. The topological polar surface area (TPSA) is 75.3 Å². The van der Waals surface area contributed by atoms with Crippen LogP contribution in [0.4, 0.5) is 5.69 Å². The number of rotatable bonds is 4. The third kappa shape index (κ3) is 4.03. The normalized spacial score (nSPS) is 11.3. The molecule has 0 aliphatic heterocycles. The van der Waals surface area contributed by atoms with Gasteiger partial charge in [-0.2, -0.15) is 0 Å². The molecule has 2 rings (SSSR count). The molecule has 1 amide bonds. The van der Waals surface area contributed by atoms with Gasteiger partial charge in [-0.1, -0.05) is 29.3 Å². The zero-order valence-corrected chi connectivity index (χ0v) is 14.7. The summed E-state index contributed by atoms with van der Waals surface area (Å²) in [4.78, 5) is 12.3. The quantitative estimate of drug-likeness (QED) is 0.862. The molecule has 8 heteroatoms. The molecule has 0 bridgehead atoms. The molecule has 0 atom stereocenters. The second-order valence-electron chi connectivity index (χ2n) is 4.79. The summed E-state index contributed by atoms with van der Waals surface area (Å²) >= 11 is 12.1. The zero-order valence-electron chi connectivity index (χ0n) is 12.4. The highest BCUT2D eigenvalue weighted by Gasteiger charge is 2.18. The number of anilines is 1. The Kier molecular flexibility index (Phi) is 5.31. The zero-order chi connectivity index (χ0) is 17.2. The Balaban J connectivity index is 2.37. The lowest BCUT2D eigenvalue weighted by molar-refractivity contribution is 0.102. The minimum atomic E-state index is -3.67. The van der Waals surface area contributed by atoms with E-state index in [-0.39, 0.29) is 15.5 Å². The lowest BCUT2D eigenvalue weighted by atomic mass is 10.2. The largest absolute Gasteiger partial charge is 0.321 e. The maximum Gasteiger partial charge on any atom is 0.257 e. The molecule has 0 radical (unpaired) electrons. The molecule has 122 valence electrons. The maximum absolute atomic E-state index is 12.4. The van der Waals surface area contributed by atoms with E-state index in [0.29, 0.717) is 10.7 Å². The van der Waals surface area contributed by atoms with Crippen molar-refractivity contribution in [3.63, 3.8) is 0 Å². The monoisotopic (exact) mass is 372 g/mol. The van der Waals surface area contributed by atoms with Gasteiger partial charge in [0, 0.05) is 0 Å². The molecule has 0 aromatic heterocycles. The number of nitrogens with one attached hydrogen (secondary N) is 2. The Hall–Kier alpha value is -1.60. The van der Waals surface area contributed by atoms with Gasteiger partial charge in [0.25, 0.3) is 5.91 Å². The molecule has 2 aromatic rings. The number of sulfonamides is 1. The molecule has 0 aliphatic rings. The molecule has 0 spiro atoms. The van der Waals surface area contributed by atoms with E-state index >= 15 is 0 Å². The summed E-state index contributed by atoms with van der Waals surface area (Å²) in [6, 6.07) is 9.07. The van der Waals surface area contributed by atoms with Gasteiger partial charge in [-0.05, 0) is 49.9 Å². The average Bonchev–Trinajstić information content (AvgIpc) is 2.50. The first-order valence-corrected chi connectivity index (χ1v) is 8.79. The molecule has 0 saturated carbocycles. The lowest BCUT2D eigenvalue weighted by Gasteiger charge is -2.10. The van der Waals surface area contributed by atoms with Crippen molar-refractivity contribution < 1.29 is 13.2 Å². The van der Waals surface area contributed by atoms with E-state index in [0.717, 1.165) is 5.56 Å². The molecule has 0 fully saturated rings. The van der Waals surface area contributed by atoms with Gasteiger partial charge in [0.15, 0.2) is 0 Å². The van der Waals surface area contributed by atoms with Crippen molar-refractivity contribution in [1.82, 2.24) is 4.72 Å². The van der Waals surface area contributed by atoms with Crippen molar-refractivity contribution in [2.24, 2.45) is 0 Å². The first-order valence-electron chi connectivity index (χ1n) is 6.55. The van der Waals surface area contributed by atoms with E-state index in [1.54, 1.807) is 18.2 Å². The number of hydrogen-bond acceptors (Lipinski definition) is 3. The van der Waals surface area contributed by atoms with Gasteiger partial charge in [-0.15, -0.1) is 0 Å². The lowest BCUT2D eigenvalue weighted by Crippen LogP contribution is -2.20. The number of carbonyl (C=O) groups excluding carboxylic acids is 1. The van der Waals surface area contributed by atoms with Crippen molar-refractivity contribution in [3.8, 4) is 0 Å². The Morgan fingerprint density at radius 1 is 1.04 bits per heavy atom. The predicted molar refractivity (Wildman–Crippen MR) is 91.8 cm³/mol. The smallest absolute Gasteiger partial charge is 0.257 e. The van der Waals surface area contributed by atoms with Crippen LogP contribution >= 0.6 is 23.2 Å². The summed E-state index contributed by atoms with van der Waals surface area (Å²) in [6.07, 6.45) is 0. The van der Waals surface area contributed by atoms with Crippen LogP contribution in [0.25, 0.3) is 0 Å². The standard InChI is InChI=1S/C15H14Cl2N2O3S/c1-9-3-6-14(13(17)7-9)19-15(20)11-8-10(4-5-12(11)16)23(21,22)18-2/h3-8,18H,1-2H3,(H,19,20). The Morgan fingerprint density at radius 2 is 1.74 bits per heavy atom. The van der Waals surface area contributed by atoms with Crippen LogP contribution in [0.2, 0.25) is 10.0 Å². The van der Waals surface area contributed by atoms with Crippen LogP contribution in [0.5, 0.6) is 0 Å². The highest BCUT2D eigenvalue weighted by atomic mass is 35.5. The second kappa shape index (κ2) is 6.88. The van der Waals surface area contributed by atoms with Gasteiger partial charge in [-0.3, -0.25) is 4.79 Å². The number of amides is 1. The van der Waals surface area contributed by atoms with Crippen LogP contribution in [-0.4, -0.2) is 21.4 Å². The molecule has 2 N–H and O–H groups in total. The summed E-state index contributed by atoms with van der Waals surface area (Å²) in [6.45, 7) is 1.88. The van der Waals surface area contributed by atoms with Crippen LogP contribution in [0.1, 0.15) is 15.9 Å². The summed E-state index contributed by atoms with van der Waals surface area (Å²) in [5.74, 6) is -0.547. The number of carbonyl (C=O) groups is 1. The van der Waals surface area contributed by atoms with E-state index in [9.17, 15) is 13.2 Å². The first kappa shape index (κ1) is 17.7. The van der Waals surface area contributed by atoms with Crippen molar-refractivity contribution in [3.05, 3.63) is 57.6 Å². The Bertz CT molecular complexity index is 867. The van der Waals surface area contributed by atoms with Crippen LogP contribution in [0, 0.1) is 6.92 Å². The highest BCUT2D eigenvalue weighted by molar-refractivity contribution is 7.89. The molecule has 0 heterocycles. The van der Waals surface area contributed by atoms with Gasteiger partial charge in [0.2, 0.25) is 10.0 Å². The molecule has 2 aromatic carbocycles. The van der Waals surface area contributed by atoms with E-state index in [4.69, 9.17) is 23.2 Å². The predicted octanol–water partition coefficient (Wildman–Crippen LogP) is 3.46. The van der Waals surface area contributed by atoms with E-state index in [1.807, 2.05) is 6.92 Å². The third-order valence-corrected chi connectivity index (χ3v) is 5.19. The summed E-state index contributed by atoms with van der Waals surface area (Å²) in [5.41, 5.74) is 1.41. The van der Waals surface area contributed by atoms with E-state index < -0.39 is 15.9 Å².